The molecular weight excluding hydrogens is 463 g/mol. The molecule has 19 heteroatoms. The van der Waals surface area contributed by atoms with Gasteiger partial charge < -0.3 is 5.73 Å². The average Bonchev–Trinajstić information content (AvgIpc) is 2.41. The van der Waals surface area contributed by atoms with Crippen LogP contribution in [0.2, 0.25) is 0 Å². The number of nitrogens with one attached hydrogen (secondary N) is 2. The second-order valence-electron chi connectivity index (χ2n) is 5.12. The van der Waals surface area contributed by atoms with Gasteiger partial charge in [-0.1, -0.05) is 4.13 Å². The Hall–Kier alpha value is -0.760. The van der Waals surface area contributed by atoms with Crippen LogP contribution in [0, 0.1) is 0 Å². The summed E-state index contributed by atoms with van der Waals surface area (Å²) >= 11 is 0. The van der Waals surface area contributed by atoms with Crippen molar-refractivity contribution >= 4 is 30.1 Å². The van der Waals surface area contributed by atoms with E-state index < -0.39 is 78.4 Å². The van der Waals surface area contributed by atoms with Gasteiger partial charge in [-0.3, -0.25) is 0 Å². The molecule has 0 amide bonds. The average molecular weight is 477 g/mol. The topological polar surface area (TPSA) is 152 Å². The highest BCUT2D eigenvalue weighted by atomic mass is 32.3. The molecule has 4 N–H and O–H groups in total. The molecule has 0 aliphatic rings. The maximum Gasteiger partial charge on any atom is 0.400 e. The molecule has 0 aromatic carbocycles. The summed E-state index contributed by atoms with van der Waals surface area (Å²) in [5.74, 6) is 0. The van der Waals surface area contributed by atoms with Crippen LogP contribution < -0.4 is 14.6 Å². The molecule has 0 saturated carbocycles. The van der Waals surface area contributed by atoms with Crippen LogP contribution in [0.5, 0.6) is 0 Å². The largest absolute Gasteiger partial charge is 0.400 e. The van der Waals surface area contributed by atoms with Crippen LogP contribution in [0.3, 0.4) is 0 Å². The van der Waals surface area contributed by atoms with Crippen molar-refractivity contribution in [3.8, 4) is 0 Å². The minimum absolute atomic E-state index is 0.278. The quantitative estimate of drug-likeness (QED) is 0.363. The first kappa shape index (κ1) is 26.2. The first-order chi connectivity index (χ1) is 11.5. The zero-order chi connectivity index (χ0) is 22.3. The molecular formula is C8H14F7N3O6S3. The van der Waals surface area contributed by atoms with Crippen molar-refractivity contribution in [2.45, 2.75) is 35.3 Å². The summed E-state index contributed by atoms with van der Waals surface area (Å²) in [7, 11) is -19.9. The highest BCUT2D eigenvalue weighted by Crippen LogP contribution is 2.49. The lowest BCUT2D eigenvalue weighted by atomic mass is 10.1. The Morgan fingerprint density at radius 1 is 0.741 bits per heavy atom. The number of halogens is 7. The van der Waals surface area contributed by atoms with Crippen molar-refractivity contribution in [1.29, 1.82) is 0 Å². The third-order valence-corrected chi connectivity index (χ3v) is 8.30. The molecule has 0 heterocycles. The lowest BCUT2D eigenvalue weighted by Gasteiger charge is -2.35. The van der Waals surface area contributed by atoms with Gasteiger partial charge in [0.1, 0.15) is 0 Å². The van der Waals surface area contributed by atoms with Gasteiger partial charge in [-0.05, 0) is 6.92 Å². The number of sulfonamides is 3. The monoisotopic (exact) mass is 477 g/mol. The van der Waals surface area contributed by atoms with Gasteiger partial charge in [0.05, 0.1) is 0 Å². The second-order valence-corrected chi connectivity index (χ2v) is 10.8. The van der Waals surface area contributed by atoms with Gasteiger partial charge in [0.25, 0.3) is 35.7 Å². The van der Waals surface area contributed by atoms with E-state index in [0.717, 1.165) is 4.72 Å². The standard InChI is InChI=1S/C8H14F7N3O6S3/c1-5(9,7(12,13)26(21,22)17-4-3-16)8(14,15)27(23,24)18-25(19,20)6(2,10)11/h17-18H,3-4,16H2,1-2H3. The number of hydrogen-bond acceptors (Lipinski definition) is 7. The molecule has 0 aromatic heterocycles. The van der Waals surface area contributed by atoms with E-state index >= 15 is 0 Å². The predicted octanol–water partition coefficient (Wildman–Crippen LogP) is -0.360. The Bertz CT molecular complexity index is 864. The lowest BCUT2D eigenvalue weighted by molar-refractivity contribution is -0.162. The van der Waals surface area contributed by atoms with Gasteiger partial charge in [-0.15, -0.1) is 0 Å². The summed E-state index contributed by atoms with van der Waals surface area (Å²) in [5, 5.41) is -17.7. The van der Waals surface area contributed by atoms with Gasteiger partial charge in [0.15, 0.2) is 0 Å². The third kappa shape index (κ3) is 4.47. The number of hydrogen-bond donors (Lipinski definition) is 3. The first-order valence-electron chi connectivity index (χ1n) is 6.31. The summed E-state index contributed by atoms with van der Waals surface area (Å²) in [4.78, 5) is 0. The normalized spacial score (nSPS) is 17.6. The van der Waals surface area contributed by atoms with Crippen LogP contribution in [0.4, 0.5) is 30.7 Å². The number of rotatable bonds is 10. The van der Waals surface area contributed by atoms with E-state index in [2.05, 4.69) is 0 Å². The molecule has 9 nitrogen and oxygen atoms in total. The molecule has 164 valence electrons. The molecule has 0 aliphatic heterocycles. The van der Waals surface area contributed by atoms with E-state index in [1.807, 2.05) is 0 Å². The SMILES string of the molecule is CC(F)(C(F)(F)S(=O)(=O)NCCN)C(F)(F)S(=O)(=O)NS(=O)(=O)C(C)(F)F. The summed E-state index contributed by atoms with van der Waals surface area (Å²) in [6.07, 6.45) is 0. The Kier molecular flexibility index (Phi) is 7.04. The lowest BCUT2D eigenvalue weighted by Crippen LogP contribution is -2.66. The maximum atomic E-state index is 14.2. The van der Waals surface area contributed by atoms with Crippen molar-refractivity contribution in [2.75, 3.05) is 13.1 Å². The molecule has 0 radical (unpaired) electrons. The summed E-state index contributed by atoms with van der Waals surface area (Å²) in [5.41, 5.74) is -1.02. The van der Waals surface area contributed by atoms with Crippen LogP contribution in [-0.2, 0) is 30.1 Å². The van der Waals surface area contributed by atoms with Gasteiger partial charge >= 0.3 is 15.8 Å². The Morgan fingerprint density at radius 3 is 1.44 bits per heavy atom. The third-order valence-electron chi connectivity index (χ3n) is 2.90. The highest BCUT2D eigenvalue weighted by Gasteiger charge is 2.78. The summed E-state index contributed by atoms with van der Waals surface area (Å²) in [6, 6.07) is 0. The molecule has 0 aliphatic carbocycles. The summed E-state index contributed by atoms with van der Waals surface area (Å²) < 4.78 is 163. The zero-order valence-corrected chi connectivity index (χ0v) is 15.8. The summed E-state index contributed by atoms with van der Waals surface area (Å²) in [6.45, 7) is -2.95. The van der Waals surface area contributed by atoms with Gasteiger partial charge in [0, 0.05) is 20.0 Å². The van der Waals surface area contributed by atoms with Crippen molar-refractivity contribution in [3.63, 3.8) is 0 Å². The fourth-order valence-electron chi connectivity index (χ4n) is 1.23. The molecule has 1 atom stereocenters. The van der Waals surface area contributed by atoms with E-state index in [-0.39, 0.29) is 4.13 Å². The van der Waals surface area contributed by atoms with Crippen LogP contribution in [0.1, 0.15) is 13.8 Å². The van der Waals surface area contributed by atoms with E-state index in [1.54, 1.807) is 0 Å². The van der Waals surface area contributed by atoms with Crippen LogP contribution in [0.25, 0.3) is 0 Å². The molecule has 0 spiro atoms. The second kappa shape index (κ2) is 7.25. The van der Waals surface area contributed by atoms with E-state index in [9.17, 15) is 56.0 Å². The molecule has 0 aromatic rings. The van der Waals surface area contributed by atoms with Crippen molar-refractivity contribution in [2.24, 2.45) is 5.73 Å². The molecule has 0 saturated heterocycles. The fraction of sp³-hybridized carbons (Fsp3) is 1.00. The smallest absolute Gasteiger partial charge is 0.329 e. The van der Waals surface area contributed by atoms with Crippen molar-refractivity contribution in [1.82, 2.24) is 8.85 Å². The van der Waals surface area contributed by atoms with Crippen LogP contribution in [-0.4, -0.2) is 59.8 Å². The highest BCUT2D eigenvalue weighted by molar-refractivity contribution is 8.05. The Labute approximate surface area is 149 Å². The van der Waals surface area contributed by atoms with Gasteiger partial charge in [-0.25, -0.2) is 34.4 Å². The minimum atomic E-state index is -7.15. The fourth-order valence-corrected chi connectivity index (χ4v) is 5.29. The first-order valence-corrected chi connectivity index (χ1v) is 10.8. The van der Waals surface area contributed by atoms with E-state index in [4.69, 9.17) is 5.73 Å². The maximum absolute atomic E-state index is 14.2. The molecule has 1 unspecified atom stereocenters. The molecule has 0 fully saturated rings. The number of alkyl halides is 7. The van der Waals surface area contributed by atoms with Crippen LogP contribution >= 0.6 is 0 Å². The van der Waals surface area contributed by atoms with Crippen molar-refractivity contribution in [3.05, 3.63) is 0 Å². The van der Waals surface area contributed by atoms with Gasteiger partial charge in [0.2, 0.25) is 0 Å². The predicted molar refractivity (Wildman–Crippen MR) is 77.0 cm³/mol. The molecule has 0 rings (SSSR count). The zero-order valence-electron chi connectivity index (χ0n) is 13.3. The van der Waals surface area contributed by atoms with E-state index in [1.165, 1.54) is 0 Å². The molecule has 0 bridgehead atoms. The van der Waals surface area contributed by atoms with E-state index in [0.29, 0.717) is 0 Å². The van der Waals surface area contributed by atoms with Crippen molar-refractivity contribution < 1.29 is 56.0 Å². The minimum Gasteiger partial charge on any atom is -0.329 e. The Balaban J connectivity index is 6.33. The Morgan fingerprint density at radius 2 is 1.11 bits per heavy atom. The van der Waals surface area contributed by atoms with Crippen LogP contribution in [0.15, 0.2) is 0 Å². The molecule has 27 heavy (non-hydrogen) atoms. The number of nitrogens with two attached hydrogens (primary N) is 1. The van der Waals surface area contributed by atoms with Gasteiger partial charge in [-0.2, -0.15) is 26.3 Å².